The van der Waals surface area contributed by atoms with Gasteiger partial charge in [0.2, 0.25) is 0 Å². The van der Waals surface area contributed by atoms with Gasteiger partial charge in [-0.05, 0) is 56.9 Å². The summed E-state index contributed by atoms with van der Waals surface area (Å²) in [6.45, 7) is 13.8. The quantitative estimate of drug-likeness (QED) is 0.438. The van der Waals surface area contributed by atoms with E-state index in [1.54, 1.807) is 7.11 Å². The molecule has 2 rings (SSSR count). The van der Waals surface area contributed by atoms with Crippen LogP contribution in [0.4, 0.5) is 0 Å². The average Bonchev–Trinajstić information content (AvgIpc) is 3.06. The first-order valence-electron chi connectivity index (χ1n) is 9.78. The summed E-state index contributed by atoms with van der Waals surface area (Å²) in [4.78, 5) is 7.14. The van der Waals surface area contributed by atoms with Crippen LogP contribution >= 0.6 is 0 Å². The van der Waals surface area contributed by atoms with E-state index in [9.17, 15) is 0 Å². The normalized spacial score (nSPS) is 17.7. The van der Waals surface area contributed by atoms with Gasteiger partial charge in [0, 0.05) is 45.6 Å². The van der Waals surface area contributed by atoms with E-state index in [2.05, 4.69) is 50.0 Å². The number of nitrogens with zero attached hydrogens (tertiary/aromatic N) is 2. The van der Waals surface area contributed by atoms with Crippen LogP contribution < -0.4 is 10.1 Å². The molecule has 1 aliphatic rings. The molecule has 1 N–H and O–H groups in total. The van der Waals surface area contributed by atoms with Gasteiger partial charge in [-0.2, -0.15) is 0 Å². The molecule has 1 atom stereocenters. The Morgan fingerprint density at radius 2 is 2.12 bits per heavy atom. The molecule has 146 valence electrons. The van der Waals surface area contributed by atoms with Gasteiger partial charge >= 0.3 is 0 Å². The van der Waals surface area contributed by atoms with Gasteiger partial charge in [0.05, 0.1) is 13.2 Å². The van der Waals surface area contributed by atoms with Crippen LogP contribution in [0.2, 0.25) is 0 Å². The molecule has 0 saturated carbocycles. The lowest BCUT2D eigenvalue weighted by Gasteiger charge is -2.21. The van der Waals surface area contributed by atoms with Crippen molar-refractivity contribution in [2.24, 2.45) is 10.9 Å². The highest BCUT2D eigenvalue weighted by atomic mass is 16.5. The molecule has 1 saturated heterocycles. The van der Waals surface area contributed by atoms with Crippen molar-refractivity contribution in [2.75, 3.05) is 46.5 Å². The van der Waals surface area contributed by atoms with Crippen molar-refractivity contribution >= 4 is 5.96 Å². The third kappa shape index (κ3) is 5.90. The average molecular weight is 362 g/mol. The molecular weight excluding hydrogens is 326 g/mol. The fourth-order valence-corrected chi connectivity index (χ4v) is 3.40. The SMILES string of the molecule is CCNC(=NCCCOc1cc(C)cc(C)c1C)N1CCC(COC)C1. The van der Waals surface area contributed by atoms with Gasteiger partial charge in [0.1, 0.15) is 5.75 Å². The molecule has 0 aliphatic carbocycles. The number of aryl methyl sites for hydroxylation is 2. The Kier molecular flexibility index (Phi) is 8.23. The summed E-state index contributed by atoms with van der Waals surface area (Å²) >= 11 is 0. The minimum Gasteiger partial charge on any atom is -0.493 e. The number of hydrogen-bond acceptors (Lipinski definition) is 3. The molecule has 1 aliphatic heterocycles. The summed E-state index contributed by atoms with van der Waals surface area (Å²) in [5.74, 6) is 2.63. The lowest BCUT2D eigenvalue weighted by Crippen LogP contribution is -2.40. The predicted octanol–water partition coefficient (Wildman–Crippen LogP) is 3.31. The zero-order valence-electron chi connectivity index (χ0n) is 17.1. The minimum atomic E-state index is 0.611. The maximum Gasteiger partial charge on any atom is 0.193 e. The fraction of sp³-hybridized carbons (Fsp3) is 0.667. The van der Waals surface area contributed by atoms with E-state index in [0.29, 0.717) is 12.5 Å². The van der Waals surface area contributed by atoms with E-state index in [1.807, 2.05) is 0 Å². The number of aliphatic imine (C=N–C) groups is 1. The second kappa shape index (κ2) is 10.4. The summed E-state index contributed by atoms with van der Waals surface area (Å²) in [6.07, 6.45) is 2.09. The number of methoxy groups -OCH3 is 1. The lowest BCUT2D eigenvalue weighted by molar-refractivity contribution is 0.157. The van der Waals surface area contributed by atoms with Crippen LogP contribution in [0.5, 0.6) is 5.75 Å². The first-order valence-corrected chi connectivity index (χ1v) is 9.78. The van der Waals surface area contributed by atoms with Crippen LogP contribution in [0, 0.1) is 26.7 Å². The number of benzene rings is 1. The zero-order valence-corrected chi connectivity index (χ0v) is 17.1. The molecule has 1 aromatic carbocycles. The van der Waals surface area contributed by atoms with Crippen LogP contribution in [0.25, 0.3) is 0 Å². The minimum absolute atomic E-state index is 0.611. The molecule has 5 nitrogen and oxygen atoms in total. The molecular formula is C21H35N3O2. The number of rotatable bonds is 8. The Bertz CT molecular complexity index is 601. The maximum absolute atomic E-state index is 5.99. The second-order valence-corrected chi connectivity index (χ2v) is 7.20. The molecule has 0 bridgehead atoms. The molecule has 26 heavy (non-hydrogen) atoms. The molecule has 0 aromatic heterocycles. The molecule has 0 amide bonds. The summed E-state index contributed by atoms with van der Waals surface area (Å²) in [5.41, 5.74) is 3.76. The molecule has 1 fully saturated rings. The Morgan fingerprint density at radius 3 is 2.85 bits per heavy atom. The van der Waals surface area contributed by atoms with Crippen LogP contribution in [0.3, 0.4) is 0 Å². The van der Waals surface area contributed by atoms with Gasteiger partial charge in [-0.15, -0.1) is 0 Å². The molecule has 0 radical (unpaired) electrons. The highest BCUT2D eigenvalue weighted by Gasteiger charge is 2.24. The first kappa shape index (κ1) is 20.6. The van der Waals surface area contributed by atoms with E-state index in [-0.39, 0.29) is 0 Å². The van der Waals surface area contributed by atoms with Crippen LogP contribution in [0.1, 0.15) is 36.5 Å². The zero-order chi connectivity index (χ0) is 18.9. The summed E-state index contributed by atoms with van der Waals surface area (Å²) in [5, 5.41) is 3.41. The van der Waals surface area contributed by atoms with Crippen molar-refractivity contribution in [3.63, 3.8) is 0 Å². The van der Waals surface area contributed by atoms with Crippen molar-refractivity contribution in [1.82, 2.24) is 10.2 Å². The molecule has 5 heteroatoms. The lowest BCUT2D eigenvalue weighted by atomic mass is 10.1. The summed E-state index contributed by atoms with van der Waals surface area (Å²) < 4.78 is 11.3. The van der Waals surface area contributed by atoms with Gasteiger partial charge in [-0.25, -0.2) is 0 Å². The van der Waals surface area contributed by atoms with Crippen LogP contribution in [-0.4, -0.2) is 57.4 Å². The van der Waals surface area contributed by atoms with Gasteiger partial charge in [-0.1, -0.05) is 6.07 Å². The molecule has 1 unspecified atom stereocenters. The third-order valence-electron chi connectivity index (χ3n) is 4.91. The summed E-state index contributed by atoms with van der Waals surface area (Å²) in [7, 11) is 1.78. The van der Waals surface area contributed by atoms with E-state index in [1.165, 1.54) is 23.1 Å². The number of guanidine groups is 1. The fourth-order valence-electron chi connectivity index (χ4n) is 3.40. The number of hydrogen-bond donors (Lipinski definition) is 1. The molecule has 0 spiro atoms. The van der Waals surface area contributed by atoms with Crippen LogP contribution in [0.15, 0.2) is 17.1 Å². The first-order chi connectivity index (χ1) is 12.5. The Balaban J connectivity index is 1.82. The highest BCUT2D eigenvalue weighted by Crippen LogP contribution is 2.23. The monoisotopic (exact) mass is 361 g/mol. The van der Waals surface area contributed by atoms with E-state index in [0.717, 1.165) is 50.9 Å². The van der Waals surface area contributed by atoms with Gasteiger partial charge in [0.15, 0.2) is 5.96 Å². The predicted molar refractivity (Wildman–Crippen MR) is 108 cm³/mol. The van der Waals surface area contributed by atoms with Gasteiger partial charge in [-0.3, -0.25) is 4.99 Å². The van der Waals surface area contributed by atoms with Crippen molar-refractivity contribution in [2.45, 2.75) is 40.5 Å². The third-order valence-corrected chi connectivity index (χ3v) is 4.91. The summed E-state index contributed by atoms with van der Waals surface area (Å²) in [6, 6.07) is 4.32. The largest absolute Gasteiger partial charge is 0.493 e. The highest BCUT2D eigenvalue weighted by molar-refractivity contribution is 5.80. The topological polar surface area (TPSA) is 46.1 Å². The van der Waals surface area contributed by atoms with Crippen molar-refractivity contribution < 1.29 is 9.47 Å². The van der Waals surface area contributed by atoms with E-state index >= 15 is 0 Å². The van der Waals surface area contributed by atoms with E-state index < -0.39 is 0 Å². The Labute approximate surface area is 158 Å². The Hall–Kier alpha value is -1.75. The number of ether oxygens (including phenoxy) is 2. The van der Waals surface area contributed by atoms with Crippen molar-refractivity contribution in [3.05, 3.63) is 28.8 Å². The van der Waals surface area contributed by atoms with Gasteiger partial charge in [0.25, 0.3) is 0 Å². The van der Waals surface area contributed by atoms with Crippen molar-refractivity contribution in [3.8, 4) is 5.75 Å². The van der Waals surface area contributed by atoms with E-state index in [4.69, 9.17) is 14.5 Å². The standard InChI is InChI=1S/C21H35N3O2/c1-6-22-21(24-10-8-19(14-24)15-25-5)23-9-7-11-26-20-13-16(2)12-17(3)18(20)4/h12-13,19H,6-11,14-15H2,1-5H3,(H,22,23). The number of nitrogens with one attached hydrogen (secondary N) is 1. The molecule has 1 aromatic rings. The maximum atomic E-state index is 5.99. The molecule has 1 heterocycles. The second-order valence-electron chi connectivity index (χ2n) is 7.20. The van der Waals surface area contributed by atoms with Crippen molar-refractivity contribution in [1.29, 1.82) is 0 Å². The van der Waals surface area contributed by atoms with Crippen LogP contribution in [-0.2, 0) is 4.74 Å². The smallest absolute Gasteiger partial charge is 0.193 e. The Morgan fingerprint density at radius 1 is 1.31 bits per heavy atom. The number of likely N-dealkylation sites (tertiary alicyclic amines) is 1. The van der Waals surface area contributed by atoms with Gasteiger partial charge < -0.3 is 19.7 Å².